The number of rotatable bonds is 11. The van der Waals surface area contributed by atoms with Gasteiger partial charge < -0.3 is 10.2 Å². The molecule has 0 aliphatic rings. The van der Waals surface area contributed by atoms with Crippen molar-refractivity contribution in [3.63, 3.8) is 0 Å². The Morgan fingerprint density at radius 3 is 2.14 bits per heavy atom. The molecule has 2 aromatic carbocycles. The minimum Gasteiger partial charge on any atom is -0.352 e. The molecule has 2 amide bonds. The Labute approximate surface area is 232 Å². The monoisotopic (exact) mass is 595 g/mol. The van der Waals surface area contributed by atoms with E-state index in [1.54, 1.807) is 25.1 Å². The largest absolute Gasteiger partial charge is 0.352 e. The van der Waals surface area contributed by atoms with E-state index in [0.29, 0.717) is 33.5 Å². The Balaban J connectivity index is 2.50. The number of carbonyl (C=O) groups excluding carboxylic acids is 2. The van der Waals surface area contributed by atoms with Crippen molar-refractivity contribution in [2.45, 2.75) is 52.2 Å². The smallest absolute Gasteiger partial charge is 0.244 e. The Morgan fingerprint density at radius 2 is 1.61 bits per heavy atom. The van der Waals surface area contributed by atoms with Crippen LogP contribution in [0.1, 0.15) is 39.2 Å². The number of nitrogens with zero attached hydrogens (tertiary/aromatic N) is 2. The van der Waals surface area contributed by atoms with Gasteiger partial charge in [0, 0.05) is 17.6 Å². The van der Waals surface area contributed by atoms with Crippen molar-refractivity contribution in [1.82, 2.24) is 10.2 Å². The van der Waals surface area contributed by atoms with Crippen LogP contribution in [0.5, 0.6) is 0 Å². The Bertz CT molecular complexity index is 1210. The van der Waals surface area contributed by atoms with Crippen molar-refractivity contribution < 1.29 is 18.0 Å². The van der Waals surface area contributed by atoms with Gasteiger partial charge in [0.25, 0.3) is 0 Å². The van der Waals surface area contributed by atoms with Crippen LogP contribution in [-0.4, -0.2) is 50.0 Å². The number of nitrogens with one attached hydrogen (secondary N) is 1. The molecule has 0 heterocycles. The van der Waals surface area contributed by atoms with Gasteiger partial charge in [-0.1, -0.05) is 66.3 Å². The van der Waals surface area contributed by atoms with Crippen molar-refractivity contribution in [2.75, 3.05) is 17.1 Å². The lowest BCUT2D eigenvalue weighted by Crippen LogP contribution is -2.53. The first-order valence-corrected chi connectivity index (χ1v) is 14.6. The standard InChI is InChI=1S/C24H29Cl4N3O4S/c1-5-15(3)29-24(33)21(6-2)30(13-16-7-9-18(26)19(27)11-16)23(32)14-31(36(4,34)35)22-10-8-17(25)12-20(22)28/h7-12,15,21H,5-6,13-14H2,1-4H3,(H,29,33)/t15-,21-/m0/s1. The van der Waals surface area contributed by atoms with Gasteiger partial charge in [-0.05, 0) is 55.7 Å². The second kappa shape index (κ2) is 13.2. The van der Waals surface area contributed by atoms with Crippen LogP contribution in [0.25, 0.3) is 0 Å². The van der Waals surface area contributed by atoms with Crippen molar-refractivity contribution >= 4 is 73.9 Å². The molecule has 0 fully saturated rings. The van der Waals surface area contributed by atoms with Crippen molar-refractivity contribution in [1.29, 1.82) is 0 Å². The normalized spacial score (nSPS) is 13.1. The van der Waals surface area contributed by atoms with Crippen LogP contribution in [0.15, 0.2) is 36.4 Å². The summed E-state index contributed by atoms with van der Waals surface area (Å²) in [6.07, 6.45) is 1.98. The van der Waals surface area contributed by atoms with Crippen molar-refractivity contribution in [3.05, 3.63) is 62.1 Å². The number of hydrogen-bond donors (Lipinski definition) is 1. The fourth-order valence-corrected chi connectivity index (χ4v) is 5.22. The van der Waals surface area contributed by atoms with E-state index in [0.717, 1.165) is 10.6 Å². The molecule has 0 unspecified atom stereocenters. The number of carbonyl (C=O) groups is 2. The summed E-state index contributed by atoms with van der Waals surface area (Å²) < 4.78 is 26.3. The van der Waals surface area contributed by atoms with E-state index in [-0.39, 0.29) is 29.2 Å². The average Bonchev–Trinajstić information content (AvgIpc) is 2.79. The topological polar surface area (TPSA) is 86.8 Å². The van der Waals surface area contributed by atoms with Crippen LogP contribution in [0.4, 0.5) is 5.69 Å². The molecule has 0 radical (unpaired) electrons. The molecule has 198 valence electrons. The third-order valence-corrected chi connectivity index (χ3v) is 7.98. The highest BCUT2D eigenvalue weighted by atomic mass is 35.5. The lowest BCUT2D eigenvalue weighted by molar-refractivity contribution is -0.140. The van der Waals surface area contributed by atoms with E-state index in [4.69, 9.17) is 46.4 Å². The molecular weight excluding hydrogens is 568 g/mol. The summed E-state index contributed by atoms with van der Waals surface area (Å²) in [7, 11) is -3.92. The van der Waals surface area contributed by atoms with Gasteiger partial charge in [-0.15, -0.1) is 0 Å². The summed E-state index contributed by atoms with van der Waals surface area (Å²) in [5.74, 6) is -0.931. The summed E-state index contributed by atoms with van der Waals surface area (Å²) in [4.78, 5) is 28.2. The molecule has 1 N–H and O–H groups in total. The van der Waals surface area contributed by atoms with E-state index in [1.807, 2.05) is 13.8 Å². The third kappa shape index (κ3) is 8.15. The molecule has 0 aliphatic carbocycles. The number of hydrogen-bond acceptors (Lipinski definition) is 4. The molecule has 0 saturated carbocycles. The van der Waals surface area contributed by atoms with Crippen molar-refractivity contribution in [2.24, 2.45) is 0 Å². The maximum atomic E-state index is 13.7. The first-order valence-electron chi connectivity index (χ1n) is 11.2. The number of halogens is 4. The maximum Gasteiger partial charge on any atom is 0.244 e. The number of amides is 2. The molecule has 0 bridgehead atoms. The Kier molecular flexibility index (Phi) is 11.2. The van der Waals surface area contributed by atoms with E-state index < -0.39 is 28.5 Å². The van der Waals surface area contributed by atoms with Crippen LogP contribution < -0.4 is 9.62 Å². The van der Waals surface area contributed by atoms with Gasteiger partial charge in [-0.2, -0.15) is 0 Å². The SMILES string of the molecule is CC[C@H](C)NC(=O)[C@H](CC)N(Cc1ccc(Cl)c(Cl)c1)C(=O)CN(c1ccc(Cl)cc1Cl)S(C)(=O)=O. The van der Waals surface area contributed by atoms with Gasteiger partial charge in [0.15, 0.2) is 0 Å². The molecular formula is C24H29Cl4N3O4S. The van der Waals surface area contributed by atoms with Gasteiger partial charge in [0.1, 0.15) is 12.6 Å². The van der Waals surface area contributed by atoms with E-state index in [2.05, 4.69) is 5.32 Å². The molecule has 0 aromatic heterocycles. The molecule has 7 nitrogen and oxygen atoms in total. The van der Waals surface area contributed by atoms with Gasteiger partial charge in [-0.25, -0.2) is 8.42 Å². The second-order valence-electron chi connectivity index (χ2n) is 8.38. The average molecular weight is 597 g/mol. The molecule has 0 saturated heterocycles. The Morgan fingerprint density at radius 1 is 0.944 bits per heavy atom. The van der Waals surface area contributed by atoms with Crippen LogP contribution >= 0.6 is 46.4 Å². The van der Waals surface area contributed by atoms with Gasteiger partial charge >= 0.3 is 0 Å². The number of benzene rings is 2. The first kappa shape index (κ1) is 30.5. The minimum absolute atomic E-state index is 0.00804. The molecule has 0 spiro atoms. The molecule has 2 atom stereocenters. The van der Waals surface area contributed by atoms with E-state index in [9.17, 15) is 18.0 Å². The zero-order valence-electron chi connectivity index (χ0n) is 20.4. The summed E-state index contributed by atoms with van der Waals surface area (Å²) in [5.41, 5.74) is 0.728. The number of sulfonamides is 1. The minimum atomic E-state index is -3.92. The molecule has 0 aliphatic heterocycles. The highest BCUT2D eigenvalue weighted by molar-refractivity contribution is 7.92. The van der Waals surface area contributed by atoms with Crippen LogP contribution in [0, 0.1) is 0 Å². The summed E-state index contributed by atoms with van der Waals surface area (Å²) >= 11 is 24.4. The summed E-state index contributed by atoms with van der Waals surface area (Å²) in [5, 5.41) is 3.93. The van der Waals surface area contributed by atoms with E-state index >= 15 is 0 Å². The lowest BCUT2D eigenvalue weighted by atomic mass is 10.1. The maximum absolute atomic E-state index is 13.7. The van der Waals surface area contributed by atoms with E-state index in [1.165, 1.54) is 23.1 Å². The fourth-order valence-electron chi connectivity index (χ4n) is 3.47. The first-order chi connectivity index (χ1) is 16.8. The van der Waals surface area contributed by atoms with Gasteiger partial charge in [0.2, 0.25) is 21.8 Å². The predicted molar refractivity (Wildman–Crippen MR) is 148 cm³/mol. The molecule has 12 heteroatoms. The zero-order chi connectivity index (χ0) is 27.2. The quantitative estimate of drug-likeness (QED) is 0.356. The lowest BCUT2D eigenvalue weighted by Gasteiger charge is -2.33. The zero-order valence-corrected chi connectivity index (χ0v) is 24.2. The summed E-state index contributed by atoms with van der Waals surface area (Å²) in [6.45, 7) is 5.01. The summed E-state index contributed by atoms with van der Waals surface area (Å²) in [6, 6.07) is 8.23. The molecule has 2 aromatic rings. The highest BCUT2D eigenvalue weighted by Crippen LogP contribution is 2.31. The third-order valence-electron chi connectivity index (χ3n) is 5.58. The predicted octanol–water partition coefficient (Wildman–Crippen LogP) is 5.79. The molecule has 36 heavy (non-hydrogen) atoms. The molecule has 2 rings (SSSR count). The second-order valence-corrected chi connectivity index (χ2v) is 11.9. The number of anilines is 1. The van der Waals surface area contributed by atoms with Crippen LogP contribution in [-0.2, 0) is 26.2 Å². The van der Waals surface area contributed by atoms with Gasteiger partial charge in [-0.3, -0.25) is 13.9 Å². The van der Waals surface area contributed by atoms with Crippen LogP contribution in [0.3, 0.4) is 0 Å². The highest BCUT2D eigenvalue weighted by Gasteiger charge is 2.32. The fraction of sp³-hybridized carbons (Fsp3) is 0.417. The Hall–Kier alpha value is -1.71. The van der Waals surface area contributed by atoms with Crippen molar-refractivity contribution in [3.8, 4) is 0 Å². The van der Waals surface area contributed by atoms with Gasteiger partial charge in [0.05, 0.1) is 27.0 Å². The van der Waals surface area contributed by atoms with Crippen LogP contribution in [0.2, 0.25) is 20.1 Å².